The Balaban J connectivity index is 1.79. The van der Waals surface area contributed by atoms with Crippen LogP contribution in [0.2, 0.25) is 5.02 Å². The number of nitrogens with zero attached hydrogens (tertiary/aromatic N) is 2. The van der Waals surface area contributed by atoms with Gasteiger partial charge in [0.25, 0.3) is 5.56 Å². The van der Waals surface area contributed by atoms with Crippen molar-refractivity contribution in [1.82, 2.24) is 19.9 Å². The van der Waals surface area contributed by atoms with Crippen LogP contribution in [0.15, 0.2) is 35.4 Å². The molecule has 1 aromatic carbocycles. The number of aromatic nitrogens is 3. The molecule has 3 aromatic rings. The van der Waals surface area contributed by atoms with Crippen molar-refractivity contribution in [1.29, 1.82) is 0 Å². The lowest BCUT2D eigenvalue weighted by Gasteiger charge is -2.32. The van der Waals surface area contributed by atoms with Crippen LogP contribution in [0.3, 0.4) is 0 Å². The first-order valence-electron chi connectivity index (χ1n) is 8.53. The predicted octanol–water partition coefficient (Wildman–Crippen LogP) is 2.75. The Labute approximate surface area is 155 Å². The standard InChI is InChI=1S/C19H19ClN4O2/c1-19(6-3-7-21-18(19)26)12-4-5-14(23-17(12)25)11-8-13(20)16-15(9-11)22-10-24(16)2/h4-5,8-10H,3,6-7H2,1-2H3,(H,21,26)(H,23,25)/t19-/m1/s1. The van der Waals surface area contributed by atoms with Crippen molar-refractivity contribution >= 4 is 28.5 Å². The number of amides is 1. The molecule has 1 saturated heterocycles. The Kier molecular flexibility index (Phi) is 3.88. The van der Waals surface area contributed by atoms with Crippen molar-refractivity contribution in [2.24, 2.45) is 7.05 Å². The molecule has 0 aliphatic carbocycles. The molecule has 1 aliphatic rings. The minimum Gasteiger partial charge on any atom is -0.355 e. The van der Waals surface area contributed by atoms with Gasteiger partial charge in [-0.1, -0.05) is 17.7 Å². The average molecular weight is 371 g/mol. The van der Waals surface area contributed by atoms with Crippen LogP contribution < -0.4 is 10.9 Å². The number of H-pyrrole nitrogens is 1. The highest BCUT2D eigenvalue weighted by Gasteiger charge is 2.39. The minimum absolute atomic E-state index is 0.0973. The second-order valence-corrected chi connectivity index (χ2v) is 7.39. The van der Waals surface area contributed by atoms with E-state index in [4.69, 9.17) is 11.6 Å². The molecule has 0 spiro atoms. The summed E-state index contributed by atoms with van der Waals surface area (Å²) in [5.41, 5.74) is 2.48. The van der Waals surface area contributed by atoms with Crippen molar-refractivity contribution in [3.63, 3.8) is 0 Å². The summed E-state index contributed by atoms with van der Waals surface area (Å²) in [6, 6.07) is 7.27. The van der Waals surface area contributed by atoms with E-state index in [1.807, 2.05) is 36.7 Å². The smallest absolute Gasteiger partial charge is 0.252 e. The number of nitrogens with one attached hydrogen (secondary N) is 2. The molecular formula is C19H19ClN4O2. The Morgan fingerprint density at radius 2 is 2.08 bits per heavy atom. The molecule has 1 amide bonds. The number of hydrogen-bond acceptors (Lipinski definition) is 3. The Morgan fingerprint density at radius 3 is 2.81 bits per heavy atom. The predicted molar refractivity (Wildman–Crippen MR) is 101 cm³/mol. The molecule has 1 aliphatic heterocycles. The molecule has 0 unspecified atom stereocenters. The van der Waals surface area contributed by atoms with Gasteiger partial charge in [-0.2, -0.15) is 0 Å². The van der Waals surface area contributed by atoms with Crippen LogP contribution in [-0.4, -0.2) is 27.0 Å². The summed E-state index contributed by atoms with van der Waals surface area (Å²) >= 11 is 6.39. The van der Waals surface area contributed by atoms with E-state index in [9.17, 15) is 9.59 Å². The molecule has 6 nitrogen and oxygen atoms in total. The highest BCUT2D eigenvalue weighted by molar-refractivity contribution is 6.35. The Bertz CT molecular complexity index is 1080. The number of hydrogen-bond donors (Lipinski definition) is 2. The van der Waals surface area contributed by atoms with Gasteiger partial charge in [-0.3, -0.25) is 9.59 Å². The van der Waals surface area contributed by atoms with Gasteiger partial charge in [0.2, 0.25) is 5.91 Å². The third kappa shape index (κ3) is 2.52. The summed E-state index contributed by atoms with van der Waals surface area (Å²) in [4.78, 5) is 32.3. The number of benzene rings is 1. The number of piperidine rings is 1. The number of carbonyl (C=O) groups is 1. The largest absolute Gasteiger partial charge is 0.355 e. The number of aromatic amines is 1. The highest BCUT2D eigenvalue weighted by atomic mass is 35.5. The lowest BCUT2D eigenvalue weighted by Crippen LogP contribution is -2.49. The van der Waals surface area contributed by atoms with Crippen molar-refractivity contribution in [2.45, 2.75) is 25.2 Å². The summed E-state index contributed by atoms with van der Waals surface area (Å²) < 4.78 is 1.86. The van der Waals surface area contributed by atoms with E-state index in [-0.39, 0.29) is 11.5 Å². The number of fused-ring (bicyclic) bond motifs is 1. The lowest BCUT2D eigenvalue weighted by atomic mass is 9.76. The van der Waals surface area contributed by atoms with Crippen LogP contribution in [-0.2, 0) is 17.3 Å². The third-order valence-electron chi connectivity index (χ3n) is 5.22. The quantitative estimate of drug-likeness (QED) is 0.728. The molecule has 0 bridgehead atoms. The number of halogens is 1. The van der Waals surface area contributed by atoms with Crippen LogP contribution in [0, 0.1) is 0 Å². The lowest BCUT2D eigenvalue weighted by molar-refractivity contribution is -0.128. The van der Waals surface area contributed by atoms with Crippen LogP contribution in [0.4, 0.5) is 0 Å². The zero-order chi connectivity index (χ0) is 18.5. The van der Waals surface area contributed by atoms with Gasteiger partial charge in [0.05, 0.1) is 27.8 Å². The van der Waals surface area contributed by atoms with Crippen molar-refractivity contribution < 1.29 is 4.79 Å². The van der Waals surface area contributed by atoms with Crippen LogP contribution in [0.1, 0.15) is 25.3 Å². The molecule has 1 fully saturated rings. The zero-order valence-corrected chi connectivity index (χ0v) is 15.4. The number of pyridine rings is 1. The van der Waals surface area contributed by atoms with E-state index < -0.39 is 5.41 Å². The molecule has 2 aromatic heterocycles. The highest BCUT2D eigenvalue weighted by Crippen LogP contribution is 2.32. The maximum absolute atomic E-state index is 12.7. The van der Waals surface area contributed by atoms with Crippen LogP contribution in [0.25, 0.3) is 22.3 Å². The summed E-state index contributed by atoms with van der Waals surface area (Å²) in [6.45, 7) is 2.48. The molecule has 4 rings (SSSR count). The third-order valence-corrected chi connectivity index (χ3v) is 5.51. The molecule has 2 N–H and O–H groups in total. The second-order valence-electron chi connectivity index (χ2n) is 6.99. The number of carbonyl (C=O) groups excluding carboxylic acids is 1. The summed E-state index contributed by atoms with van der Waals surface area (Å²) in [7, 11) is 1.88. The minimum atomic E-state index is -0.799. The zero-order valence-electron chi connectivity index (χ0n) is 14.6. The van der Waals surface area contributed by atoms with E-state index in [2.05, 4.69) is 15.3 Å². The number of rotatable bonds is 2. The van der Waals surface area contributed by atoms with Gasteiger partial charge >= 0.3 is 0 Å². The van der Waals surface area contributed by atoms with E-state index in [1.54, 1.807) is 12.4 Å². The SMILES string of the molecule is Cn1cnc2cc(-c3ccc([C@@]4(C)CCCNC4=O)c(=O)[nH]3)cc(Cl)c21. The van der Waals surface area contributed by atoms with E-state index >= 15 is 0 Å². The topological polar surface area (TPSA) is 79.8 Å². The fourth-order valence-electron chi connectivity index (χ4n) is 3.68. The Hall–Kier alpha value is -2.60. The molecular weight excluding hydrogens is 352 g/mol. The fourth-order valence-corrected chi connectivity index (χ4v) is 4.03. The molecule has 7 heteroatoms. The monoisotopic (exact) mass is 370 g/mol. The van der Waals surface area contributed by atoms with Gasteiger partial charge in [-0.05, 0) is 38.0 Å². The first-order valence-corrected chi connectivity index (χ1v) is 8.91. The van der Waals surface area contributed by atoms with Crippen molar-refractivity contribution in [2.75, 3.05) is 6.54 Å². The molecule has 26 heavy (non-hydrogen) atoms. The van der Waals surface area contributed by atoms with Gasteiger partial charge in [0, 0.05) is 30.4 Å². The normalized spacial score (nSPS) is 20.3. The van der Waals surface area contributed by atoms with Crippen LogP contribution in [0.5, 0.6) is 0 Å². The molecule has 1 atom stereocenters. The first kappa shape index (κ1) is 16.8. The van der Waals surface area contributed by atoms with Gasteiger partial charge in [-0.25, -0.2) is 4.98 Å². The fraction of sp³-hybridized carbons (Fsp3) is 0.316. The van der Waals surface area contributed by atoms with Crippen LogP contribution >= 0.6 is 11.6 Å². The molecule has 134 valence electrons. The van der Waals surface area contributed by atoms with Crippen molar-refractivity contribution in [3.8, 4) is 11.3 Å². The van der Waals surface area contributed by atoms with Crippen molar-refractivity contribution in [3.05, 3.63) is 51.5 Å². The summed E-state index contributed by atoms with van der Waals surface area (Å²) in [6.07, 6.45) is 3.22. The van der Waals surface area contributed by atoms with E-state index in [0.29, 0.717) is 29.2 Å². The maximum atomic E-state index is 12.7. The van der Waals surface area contributed by atoms with E-state index in [0.717, 1.165) is 23.0 Å². The Morgan fingerprint density at radius 1 is 1.27 bits per heavy atom. The maximum Gasteiger partial charge on any atom is 0.252 e. The molecule has 3 heterocycles. The molecule has 0 saturated carbocycles. The summed E-state index contributed by atoms with van der Waals surface area (Å²) in [5, 5.41) is 3.43. The second kappa shape index (κ2) is 5.99. The van der Waals surface area contributed by atoms with Gasteiger partial charge < -0.3 is 14.9 Å². The first-order chi connectivity index (χ1) is 12.4. The number of imidazole rings is 1. The average Bonchev–Trinajstić information content (AvgIpc) is 2.99. The van der Waals surface area contributed by atoms with Gasteiger partial charge in [0.15, 0.2) is 0 Å². The van der Waals surface area contributed by atoms with E-state index in [1.165, 1.54) is 0 Å². The summed E-state index contributed by atoms with van der Waals surface area (Å²) in [5.74, 6) is -0.0973. The number of aryl methyl sites for hydroxylation is 1. The molecule has 0 radical (unpaired) electrons. The van der Waals surface area contributed by atoms with Gasteiger partial charge in [-0.15, -0.1) is 0 Å². The van der Waals surface area contributed by atoms with Gasteiger partial charge in [0.1, 0.15) is 0 Å².